The van der Waals surface area contributed by atoms with Gasteiger partial charge in [0.05, 0.1) is 13.2 Å². The quantitative estimate of drug-likeness (QED) is 0.808. The number of hydrogen-bond acceptors (Lipinski definition) is 4. The van der Waals surface area contributed by atoms with Crippen LogP contribution in [0.2, 0.25) is 0 Å². The highest BCUT2D eigenvalue weighted by atomic mass is 16.7. The van der Waals surface area contributed by atoms with Crippen LogP contribution in [0.25, 0.3) is 0 Å². The maximum Gasteiger partial charge on any atom is 0.231 e. The van der Waals surface area contributed by atoms with E-state index in [1.165, 1.54) is 11.1 Å². The van der Waals surface area contributed by atoms with Gasteiger partial charge in [-0.1, -0.05) is 0 Å². The van der Waals surface area contributed by atoms with Crippen molar-refractivity contribution in [2.75, 3.05) is 20.0 Å². The first kappa shape index (κ1) is 16.5. The van der Waals surface area contributed by atoms with Gasteiger partial charge in [0.15, 0.2) is 23.0 Å². The second-order valence-corrected chi connectivity index (χ2v) is 5.53. The van der Waals surface area contributed by atoms with Gasteiger partial charge in [0.25, 0.3) is 0 Å². The van der Waals surface area contributed by atoms with E-state index in [9.17, 15) is 0 Å². The van der Waals surface area contributed by atoms with Gasteiger partial charge in [0.1, 0.15) is 13.1 Å². The number of rotatable bonds is 8. The molecule has 2 aromatic rings. The van der Waals surface area contributed by atoms with Crippen molar-refractivity contribution in [2.24, 2.45) is 0 Å². The molecule has 0 aliphatic carbocycles. The van der Waals surface area contributed by atoms with E-state index in [1.807, 2.05) is 32.0 Å². The lowest BCUT2D eigenvalue weighted by molar-refractivity contribution is -0.686. The molecule has 0 fully saturated rings. The molecule has 5 nitrogen and oxygen atoms in total. The Morgan fingerprint density at radius 3 is 2.29 bits per heavy atom. The van der Waals surface area contributed by atoms with E-state index in [1.54, 1.807) is 0 Å². The lowest BCUT2D eigenvalue weighted by atomic mass is 10.1. The van der Waals surface area contributed by atoms with Crippen molar-refractivity contribution in [1.82, 2.24) is 0 Å². The standard InChI is InChI=1S/C19H23NO4/c1-3-21-16-7-5-14(9-18(16)22-4-2)11-20-12-15-6-8-17-19(10-15)24-13-23-17/h5-10,20H,3-4,11-13H2,1-2H3/p+1. The fourth-order valence-corrected chi connectivity index (χ4v) is 2.70. The fraction of sp³-hybridized carbons (Fsp3) is 0.368. The molecule has 3 rings (SSSR count). The number of fused-ring (bicyclic) bond motifs is 1. The van der Waals surface area contributed by atoms with E-state index in [2.05, 4.69) is 23.5 Å². The molecular weight excluding hydrogens is 306 g/mol. The third-order valence-corrected chi connectivity index (χ3v) is 3.80. The van der Waals surface area contributed by atoms with Gasteiger partial charge in [-0.3, -0.25) is 0 Å². The van der Waals surface area contributed by atoms with E-state index in [0.29, 0.717) is 20.0 Å². The molecule has 0 unspecified atom stereocenters. The number of benzene rings is 2. The molecule has 0 spiro atoms. The largest absolute Gasteiger partial charge is 0.490 e. The van der Waals surface area contributed by atoms with Gasteiger partial charge >= 0.3 is 0 Å². The smallest absolute Gasteiger partial charge is 0.231 e. The summed E-state index contributed by atoms with van der Waals surface area (Å²) in [6.07, 6.45) is 0. The molecule has 0 aromatic heterocycles. The highest BCUT2D eigenvalue weighted by Crippen LogP contribution is 2.32. The van der Waals surface area contributed by atoms with Crippen LogP contribution in [-0.2, 0) is 13.1 Å². The number of quaternary nitrogens is 1. The summed E-state index contributed by atoms with van der Waals surface area (Å²) >= 11 is 0. The predicted molar refractivity (Wildman–Crippen MR) is 90.7 cm³/mol. The molecule has 0 saturated carbocycles. The molecule has 1 heterocycles. The first-order valence-corrected chi connectivity index (χ1v) is 8.39. The van der Waals surface area contributed by atoms with Crippen LogP contribution in [0.4, 0.5) is 0 Å². The van der Waals surface area contributed by atoms with Crippen LogP contribution in [0, 0.1) is 0 Å². The third-order valence-electron chi connectivity index (χ3n) is 3.80. The third kappa shape index (κ3) is 3.92. The second kappa shape index (κ2) is 7.93. The molecule has 5 heteroatoms. The van der Waals surface area contributed by atoms with Crippen LogP contribution in [0.1, 0.15) is 25.0 Å². The van der Waals surface area contributed by atoms with Gasteiger partial charge in [-0.15, -0.1) is 0 Å². The van der Waals surface area contributed by atoms with E-state index in [0.717, 1.165) is 36.1 Å². The van der Waals surface area contributed by atoms with E-state index >= 15 is 0 Å². The van der Waals surface area contributed by atoms with Crippen molar-refractivity contribution in [3.8, 4) is 23.0 Å². The Bertz CT molecular complexity index is 687. The average Bonchev–Trinajstić information content (AvgIpc) is 3.05. The van der Waals surface area contributed by atoms with Crippen molar-refractivity contribution in [2.45, 2.75) is 26.9 Å². The van der Waals surface area contributed by atoms with Crippen LogP contribution < -0.4 is 24.3 Å². The van der Waals surface area contributed by atoms with Crippen molar-refractivity contribution < 1.29 is 24.3 Å². The highest BCUT2D eigenvalue weighted by Gasteiger charge is 2.13. The molecule has 128 valence electrons. The zero-order chi connectivity index (χ0) is 16.8. The Morgan fingerprint density at radius 2 is 1.50 bits per heavy atom. The highest BCUT2D eigenvalue weighted by molar-refractivity contribution is 5.44. The molecule has 0 amide bonds. The van der Waals surface area contributed by atoms with Crippen molar-refractivity contribution in [3.63, 3.8) is 0 Å². The first-order valence-electron chi connectivity index (χ1n) is 8.39. The topological polar surface area (TPSA) is 53.5 Å². The Hall–Kier alpha value is -2.40. The van der Waals surface area contributed by atoms with Gasteiger partial charge in [-0.2, -0.15) is 0 Å². The molecule has 1 aliphatic heterocycles. The molecule has 2 N–H and O–H groups in total. The van der Waals surface area contributed by atoms with Gasteiger partial charge in [-0.05, 0) is 50.2 Å². The second-order valence-electron chi connectivity index (χ2n) is 5.53. The van der Waals surface area contributed by atoms with E-state index < -0.39 is 0 Å². The summed E-state index contributed by atoms with van der Waals surface area (Å²) in [5.74, 6) is 3.28. The Labute approximate surface area is 142 Å². The maximum atomic E-state index is 5.68. The van der Waals surface area contributed by atoms with Crippen molar-refractivity contribution in [1.29, 1.82) is 0 Å². The molecule has 0 radical (unpaired) electrons. The van der Waals surface area contributed by atoms with Gasteiger partial charge in [0.2, 0.25) is 6.79 Å². The van der Waals surface area contributed by atoms with Crippen LogP contribution >= 0.6 is 0 Å². The summed E-state index contributed by atoms with van der Waals surface area (Å²) in [4.78, 5) is 0. The van der Waals surface area contributed by atoms with Gasteiger partial charge in [0, 0.05) is 11.1 Å². The summed E-state index contributed by atoms with van der Waals surface area (Å²) in [6.45, 7) is 7.29. The minimum Gasteiger partial charge on any atom is -0.490 e. The maximum absolute atomic E-state index is 5.68. The Morgan fingerprint density at radius 1 is 0.833 bits per heavy atom. The summed E-state index contributed by atoms with van der Waals surface area (Å²) in [6, 6.07) is 12.2. The average molecular weight is 330 g/mol. The Balaban J connectivity index is 1.59. The zero-order valence-corrected chi connectivity index (χ0v) is 14.2. The van der Waals surface area contributed by atoms with E-state index in [4.69, 9.17) is 18.9 Å². The fourth-order valence-electron chi connectivity index (χ4n) is 2.70. The van der Waals surface area contributed by atoms with Gasteiger partial charge in [-0.25, -0.2) is 0 Å². The molecule has 0 saturated heterocycles. The minimum absolute atomic E-state index is 0.314. The van der Waals surface area contributed by atoms with Gasteiger partial charge < -0.3 is 24.3 Å². The van der Waals surface area contributed by atoms with Crippen molar-refractivity contribution in [3.05, 3.63) is 47.5 Å². The summed E-state index contributed by atoms with van der Waals surface area (Å²) in [5.41, 5.74) is 2.43. The molecule has 1 aliphatic rings. The Kier molecular flexibility index (Phi) is 5.43. The molecular formula is C19H24NO4+. The zero-order valence-electron chi connectivity index (χ0n) is 14.2. The SMILES string of the molecule is CCOc1ccc(C[NH2+]Cc2ccc3c(c2)OCO3)cc1OCC. The predicted octanol–water partition coefficient (Wildman–Crippen LogP) is 2.48. The van der Waals surface area contributed by atoms with Crippen LogP contribution in [0.3, 0.4) is 0 Å². The summed E-state index contributed by atoms with van der Waals surface area (Å²) in [7, 11) is 0. The van der Waals surface area contributed by atoms with Crippen molar-refractivity contribution >= 4 is 0 Å². The first-order chi connectivity index (χ1) is 11.8. The van der Waals surface area contributed by atoms with Crippen LogP contribution in [-0.4, -0.2) is 20.0 Å². The molecule has 0 bridgehead atoms. The normalized spacial score (nSPS) is 12.2. The minimum atomic E-state index is 0.314. The number of hydrogen-bond donors (Lipinski definition) is 1. The van der Waals surface area contributed by atoms with Crippen LogP contribution in [0.15, 0.2) is 36.4 Å². The lowest BCUT2D eigenvalue weighted by Gasteiger charge is -2.12. The lowest BCUT2D eigenvalue weighted by Crippen LogP contribution is -2.80. The number of nitrogens with two attached hydrogens (primary N) is 1. The molecule has 0 atom stereocenters. The van der Waals surface area contributed by atoms with Crippen LogP contribution in [0.5, 0.6) is 23.0 Å². The summed E-state index contributed by atoms with van der Waals surface area (Å²) in [5, 5.41) is 2.25. The summed E-state index contributed by atoms with van der Waals surface area (Å²) < 4.78 is 22.0. The molecule has 2 aromatic carbocycles. The number of ether oxygens (including phenoxy) is 4. The monoisotopic (exact) mass is 330 g/mol. The molecule has 24 heavy (non-hydrogen) atoms. The van der Waals surface area contributed by atoms with E-state index in [-0.39, 0.29) is 0 Å².